The number of alkyl carbamates (subject to hydrolysis) is 1. The van der Waals surface area contributed by atoms with E-state index >= 15 is 0 Å². The van der Waals surface area contributed by atoms with E-state index < -0.39 is 6.09 Å². The number of H-pyrrole nitrogens is 1. The molecule has 0 spiro atoms. The summed E-state index contributed by atoms with van der Waals surface area (Å²) in [6.07, 6.45) is -0.0873. The second-order valence-corrected chi connectivity index (χ2v) is 6.77. The fraction of sp³-hybridized carbons (Fsp3) is 0.174. The molecule has 0 fully saturated rings. The van der Waals surface area contributed by atoms with Crippen molar-refractivity contribution >= 4 is 11.9 Å². The fourth-order valence-corrected chi connectivity index (χ4v) is 3.59. The molecule has 0 atom stereocenters. The van der Waals surface area contributed by atoms with Gasteiger partial charge in [-0.15, -0.1) is 0 Å². The van der Waals surface area contributed by atoms with E-state index in [4.69, 9.17) is 15.7 Å². The van der Waals surface area contributed by atoms with E-state index in [0.717, 1.165) is 0 Å². The molecule has 7 heteroatoms. The van der Waals surface area contributed by atoms with E-state index in [2.05, 4.69) is 51.6 Å². The number of aromatic nitrogens is 2. The number of nitrogens with zero attached hydrogens (tertiary/aromatic N) is 2. The lowest BCUT2D eigenvalue weighted by atomic mass is 9.98. The SMILES string of the molecule is N#Cc1c(N)n[nH]c1C#CCCNC(=O)OCC1c2ccccc2-c2ccccc21. The quantitative estimate of drug-likeness (QED) is 0.462. The van der Waals surface area contributed by atoms with Gasteiger partial charge < -0.3 is 15.8 Å². The monoisotopic (exact) mass is 397 g/mol. The zero-order valence-electron chi connectivity index (χ0n) is 16.1. The van der Waals surface area contributed by atoms with Gasteiger partial charge in [-0.05, 0) is 28.2 Å². The second kappa shape index (κ2) is 8.42. The van der Waals surface area contributed by atoms with E-state index in [0.29, 0.717) is 18.7 Å². The van der Waals surface area contributed by atoms with Crippen LogP contribution in [0.5, 0.6) is 0 Å². The standard InChI is InChI=1S/C23H19N5O2/c24-13-19-21(27-28-22(19)25)11-5-6-12-26-23(29)30-14-20-17-9-3-1-7-15(17)16-8-2-4-10-18(16)20/h1-4,7-10,20H,6,12,14H2,(H,26,29)(H3,25,27,28). The molecule has 2 aromatic carbocycles. The molecule has 1 aromatic heterocycles. The molecule has 0 bridgehead atoms. The summed E-state index contributed by atoms with van der Waals surface area (Å²) in [6, 6.07) is 18.3. The first-order valence-corrected chi connectivity index (χ1v) is 9.50. The van der Waals surface area contributed by atoms with Crippen LogP contribution in [0.2, 0.25) is 0 Å². The maximum absolute atomic E-state index is 12.1. The van der Waals surface area contributed by atoms with Crippen LogP contribution in [0.25, 0.3) is 11.1 Å². The van der Waals surface area contributed by atoms with Crippen molar-refractivity contribution in [1.82, 2.24) is 15.5 Å². The Hall–Kier alpha value is -4.23. The van der Waals surface area contributed by atoms with Crippen LogP contribution in [0.15, 0.2) is 48.5 Å². The number of carbonyl (C=O) groups excluding carboxylic acids is 1. The summed E-state index contributed by atoms with van der Waals surface area (Å²) in [5.41, 5.74) is 10.9. The highest BCUT2D eigenvalue weighted by Crippen LogP contribution is 2.44. The average Bonchev–Trinajstić information content (AvgIpc) is 3.29. The van der Waals surface area contributed by atoms with Crippen molar-refractivity contribution < 1.29 is 9.53 Å². The number of nitrogens with one attached hydrogen (secondary N) is 2. The van der Waals surface area contributed by atoms with Gasteiger partial charge in [-0.3, -0.25) is 5.10 Å². The molecule has 4 rings (SSSR count). The Morgan fingerprint density at radius 3 is 2.50 bits per heavy atom. The molecule has 0 radical (unpaired) electrons. The Labute approximate surface area is 173 Å². The van der Waals surface area contributed by atoms with Crippen molar-refractivity contribution in [1.29, 1.82) is 5.26 Å². The van der Waals surface area contributed by atoms with Crippen molar-refractivity contribution in [3.8, 4) is 29.0 Å². The lowest BCUT2D eigenvalue weighted by molar-refractivity contribution is 0.143. The molecule has 4 N–H and O–H groups in total. The first-order valence-electron chi connectivity index (χ1n) is 9.50. The number of hydrogen-bond donors (Lipinski definition) is 3. The number of anilines is 1. The van der Waals surface area contributed by atoms with Crippen LogP contribution in [0, 0.1) is 23.2 Å². The molecule has 3 aromatic rings. The molecule has 1 aliphatic carbocycles. The van der Waals surface area contributed by atoms with Gasteiger partial charge in [0.25, 0.3) is 0 Å². The van der Waals surface area contributed by atoms with Crippen LogP contribution in [0.3, 0.4) is 0 Å². The van der Waals surface area contributed by atoms with Gasteiger partial charge in [0.05, 0.1) is 0 Å². The van der Waals surface area contributed by atoms with Crippen molar-refractivity contribution in [2.24, 2.45) is 0 Å². The summed E-state index contributed by atoms with van der Waals surface area (Å²) < 4.78 is 5.47. The number of nitrogens with two attached hydrogens (primary N) is 1. The Morgan fingerprint density at radius 1 is 1.17 bits per heavy atom. The zero-order valence-corrected chi connectivity index (χ0v) is 16.1. The number of fused-ring (bicyclic) bond motifs is 3. The molecule has 0 unspecified atom stereocenters. The van der Waals surface area contributed by atoms with Crippen LogP contribution < -0.4 is 11.1 Å². The summed E-state index contributed by atoms with van der Waals surface area (Å²) in [5.74, 6) is 5.81. The van der Waals surface area contributed by atoms with E-state index in [1.807, 2.05) is 30.3 Å². The molecule has 1 aliphatic rings. The summed E-state index contributed by atoms with van der Waals surface area (Å²) in [7, 11) is 0. The number of carbonyl (C=O) groups is 1. The zero-order chi connectivity index (χ0) is 20.9. The molecular formula is C23H19N5O2. The Kier molecular flexibility index (Phi) is 5.36. The Bertz CT molecular complexity index is 1150. The van der Waals surface area contributed by atoms with Crippen molar-refractivity contribution in [3.63, 3.8) is 0 Å². The fourth-order valence-electron chi connectivity index (χ4n) is 3.59. The number of nitriles is 1. The van der Waals surface area contributed by atoms with Crippen LogP contribution >= 0.6 is 0 Å². The minimum atomic E-state index is -0.484. The molecule has 1 amide bonds. The third kappa shape index (κ3) is 3.69. The van der Waals surface area contributed by atoms with Crippen LogP contribution in [0.4, 0.5) is 10.6 Å². The minimum absolute atomic E-state index is 0.0261. The molecule has 148 valence electrons. The summed E-state index contributed by atoms with van der Waals surface area (Å²) in [4.78, 5) is 12.1. The van der Waals surface area contributed by atoms with Gasteiger partial charge in [-0.2, -0.15) is 10.4 Å². The molecule has 0 saturated carbocycles. The number of benzene rings is 2. The van der Waals surface area contributed by atoms with Gasteiger partial charge >= 0.3 is 6.09 Å². The van der Waals surface area contributed by atoms with Gasteiger partial charge in [-0.25, -0.2) is 4.79 Å². The number of hydrogen-bond acceptors (Lipinski definition) is 5. The summed E-state index contributed by atoms with van der Waals surface area (Å²) >= 11 is 0. The molecule has 0 aliphatic heterocycles. The number of amides is 1. The Morgan fingerprint density at radius 2 is 1.83 bits per heavy atom. The highest BCUT2D eigenvalue weighted by Gasteiger charge is 2.28. The third-order valence-corrected chi connectivity index (χ3v) is 4.98. The molecule has 1 heterocycles. The van der Waals surface area contributed by atoms with E-state index in [1.165, 1.54) is 22.3 Å². The average molecular weight is 397 g/mol. The molecule has 30 heavy (non-hydrogen) atoms. The van der Waals surface area contributed by atoms with Gasteiger partial charge in [0.15, 0.2) is 5.82 Å². The van der Waals surface area contributed by atoms with Crippen LogP contribution in [-0.2, 0) is 4.74 Å². The van der Waals surface area contributed by atoms with Gasteiger partial charge in [-0.1, -0.05) is 54.5 Å². The number of ether oxygens (including phenoxy) is 1. The minimum Gasteiger partial charge on any atom is -0.449 e. The maximum Gasteiger partial charge on any atom is 0.407 e. The molecule has 0 saturated heterocycles. The predicted molar refractivity (Wildman–Crippen MR) is 112 cm³/mol. The highest BCUT2D eigenvalue weighted by molar-refractivity contribution is 5.79. The van der Waals surface area contributed by atoms with Crippen molar-refractivity contribution in [2.45, 2.75) is 12.3 Å². The summed E-state index contributed by atoms with van der Waals surface area (Å²) in [6.45, 7) is 0.597. The van der Waals surface area contributed by atoms with Gasteiger partial charge in [0, 0.05) is 18.9 Å². The Balaban J connectivity index is 1.30. The van der Waals surface area contributed by atoms with E-state index in [9.17, 15) is 4.79 Å². The second-order valence-electron chi connectivity index (χ2n) is 6.77. The third-order valence-electron chi connectivity index (χ3n) is 4.98. The first kappa shape index (κ1) is 19.1. The van der Waals surface area contributed by atoms with Crippen LogP contribution in [0.1, 0.15) is 34.7 Å². The number of nitrogen functional groups attached to an aromatic ring is 1. The lowest BCUT2D eigenvalue weighted by Crippen LogP contribution is -2.26. The smallest absolute Gasteiger partial charge is 0.407 e. The highest BCUT2D eigenvalue weighted by atomic mass is 16.5. The van der Waals surface area contributed by atoms with Gasteiger partial charge in [0.1, 0.15) is 23.9 Å². The normalized spacial score (nSPS) is 11.6. The van der Waals surface area contributed by atoms with Crippen molar-refractivity contribution in [3.05, 3.63) is 70.9 Å². The van der Waals surface area contributed by atoms with E-state index in [1.54, 1.807) is 0 Å². The molecule has 7 nitrogen and oxygen atoms in total. The number of rotatable bonds is 4. The predicted octanol–water partition coefficient (Wildman–Crippen LogP) is 3.14. The van der Waals surface area contributed by atoms with Gasteiger partial charge in [0.2, 0.25) is 0 Å². The van der Waals surface area contributed by atoms with E-state index in [-0.39, 0.29) is 23.9 Å². The largest absolute Gasteiger partial charge is 0.449 e. The summed E-state index contributed by atoms with van der Waals surface area (Å²) in [5, 5.41) is 18.1. The van der Waals surface area contributed by atoms with Crippen molar-refractivity contribution in [2.75, 3.05) is 18.9 Å². The maximum atomic E-state index is 12.1. The van der Waals surface area contributed by atoms with Crippen LogP contribution in [-0.4, -0.2) is 29.4 Å². The topological polar surface area (TPSA) is 117 Å². The lowest BCUT2D eigenvalue weighted by Gasteiger charge is -2.14. The molecular weight excluding hydrogens is 378 g/mol. The number of aromatic amines is 1. The first-order chi connectivity index (χ1) is 14.7.